The summed E-state index contributed by atoms with van der Waals surface area (Å²) < 4.78 is 34.9. The van der Waals surface area contributed by atoms with Gasteiger partial charge in [0.05, 0.1) is 37.1 Å². The highest BCUT2D eigenvalue weighted by Gasteiger charge is 2.27. The van der Waals surface area contributed by atoms with Crippen molar-refractivity contribution in [2.24, 2.45) is 15.5 Å². The Morgan fingerprint density at radius 2 is 1.93 bits per heavy atom. The summed E-state index contributed by atoms with van der Waals surface area (Å²) in [4.78, 5) is 6.66. The molecule has 0 amide bonds. The van der Waals surface area contributed by atoms with Crippen LogP contribution in [0.5, 0.6) is 0 Å². The van der Waals surface area contributed by atoms with Crippen LogP contribution in [0.2, 0.25) is 0 Å². The van der Waals surface area contributed by atoms with E-state index in [1.54, 1.807) is 11.1 Å². The van der Waals surface area contributed by atoms with E-state index in [2.05, 4.69) is 17.0 Å². The summed E-state index contributed by atoms with van der Waals surface area (Å²) in [6.45, 7) is 15.2. The molecule has 40 heavy (non-hydrogen) atoms. The van der Waals surface area contributed by atoms with Crippen LogP contribution in [0.15, 0.2) is 81.3 Å². The number of likely N-dealkylation sites (N-methyl/N-ethyl adjacent to an activating group) is 2. The van der Waals surface area contributed by atoms with Crippen molar-refractivity contribution in [3.8, 4) is 0 Å². The number of hydrazone groups is 1. The molecule has 7 nitrogen and oxygen atoms in total. The SMILES string of the molecule is C=C/C(=C\C(=C/C)N=C(CNC)N(C)C)C1=C(OCCC/C(=N\N(C)CC)C(O)C(C)(C)C)CC(F)=C(F)C=C1. The van der Waals surface area contributed by atoms with E-state index in [1.165, 1.54) is 6.08 Å². The molecular weight excluding hydrogens is 512 g/mol. The number of aliphatic hydroxyl groups excluding tert-OH is 1. The predicted octanol–water partition coefficient (Wildman–Crippen LogP) is 6.06. The third-order valence-electron chi connectivity index (χ3n) is 6.26. The van der Waals surface area contributed by atoms with Gasteiger partial charge in [-0.1, -0.05) is 39.5 Å². The lowest BCUT2D eigenvalue weighted by molar-refractivity contribution is 0.117. The number of ether oxygens (including phenoxy) is 1. The van der Waals surface area contributed by atoms with Crippen LogP contribution in [-0.4, -0.2) is 80.6 Å². The van der Waals surface area contributed by atoms with E-state index in [4.69, 9.17) is 9.73 Å². The molecule has 9 heteroatoms. The minimum Gasteiger partial charge on any atom is -0.497 e. The zero-order chi connectivity index (χ0) is 30.5. The molecule has 1 aliphatic rings. The predicted molar refractivity (Wildman–Crippen MR) is 163 cm³/mol. The number of allylic oxidation sites excluding steroid dienone is 9. The largest absolute Gasteiger partial charge is 0.497 e. The Balaban J connectivity index is 3.33. The fourth-order valence-electron chi connectivity index (χ4n) is 3.72. The first-order chi connectivity index (χ1) is 18.8. The second-order valence-electron chi connectivity index (χ2n) is 10.9. The highest BCUT2D eigenvalue weighted by Crippen LogP contribution is 2.31. The third kappa shape index (κ3) is 11.2. The van der Waals surface area contributed by atoms with Crippen LogP contribution in [0, 0.1) is 5.41 Å². The van der Waals surface area contributed by atoms with Crippen LogP contribution in [0.25, 0.3) is 0 Å². The minimum atomic E-state index is -0.932. The van der Waals surface area contributed by atoms with E-state index in [0.717, 1.165) is 11.9 Å². The summed E-state index contributed by atoms with van der Waals surface area (Å²) in [5.41, 5.74) is 2.11. The average molecular weight is 562 g/mol. The van der Waals surface area contributed by atoms with Crippen LogP contribution in [-0.2, 0) is 4.74 Å². The van der Waals surface area contributed by atoms with E-state index in [9.17, 15) is 13.9 Å². The Morgan fingerprint density at radius 1 is 1.25 bits per heavy atom. The Kier molecular flexibility index (Phi) is 14.8. The number of hydrogen-bond acceptors (Lipinski definition) is 6. The highest BCUT2D eigenvalue weighted by molar-refractivity contribution is 5.89. The molecule has 0 spiro atoms. The van der Waals surface area contributed by atoms with Gasteiger partial charge in [0, 0.05) is 33.3 Å². The number of amidine groups is 1. The van der Waals surface area contributed by atoms with Gasteiger partial charge in [-0.05, 0) is 63.0 Å². The van der Waals surface area contributed by atoms with Crippen molar-refractivity contribution in [1.82, 2.24) is 15.2 Å². The molecule has 0 aromatic carbocycles. The van der Waals surface area contributed by atoms with Crippen LogP contribution in [0.4, 0.5) is 8.78 Å². The molecule has 0 aromatic heterocycles. The second-order valence-corrected chi connectivity index (χ2v) is 10.9. The van der Waals surface area contributed by atoms with Gasteiger partial charge < -0.3 is 25.1 Å². The van der Waals surface area contributed by atoms with Gasteiger partial charge in [-0.2, -0.15) is 5.10 Å². The normalized spacial score (nSPS) is 16.8. The van der Waals surface area contributed by atoms with Crippen LogP contribution < -0.4 is 5.32 Å². The summed E-state index contributed by atoms with van der Waals surface area (Å²) in [6.07, 6.45) is 7.90. The van der Waals surface area contributed by atoms with Gasteiger partial charge >= 0.3 is 0 Å². The van der Waals surface area contributed by atoms with Gasteiger partial charge in [0.2, 0.25) is 0 Å². The lowest BCUT2D eigenvalue weighted by atomic mass is 9.85. The number of hydrogen-bond donors (Lipinski definition) is 2. The van der Waals surface area contributed by atoms with Crippen molar-refractivity contribution in [2.45, 2.75) is 60.0 Å². The fraction of sp³-hybridized carbons (Fsp3) is 0.548. The molecule has 1 unspecified atom stereocenters. The van der Waals surface area contributed by atoms with Gasteiger partial charge in [0.25, 0.3) is 0 Å². The average Bonchev–Trinajstić information content (AvgIpc) is 3.04. The number of aliphatic hydroxyl groups is 1. The zero-order valence-corrected chi connectivity index (χ0v) is 25.8. The standard InChI is InChI=1S/C31H49F2N5O2/c1-11-22(19-23(12-2)35-29(21-34-7)37(8)9)24-16-17-25(32)26(33)20-28(24)40-18-14-15-27(36-38(10)13-3)30(39)31(4,5)6/h11-12,16-17,19,30,34,39H,1,13-15,18,20-21H2,2-10H3/b22-19+,23-12+,35-29?,36-27+. The molecule has 1 rings (SSSR count). The molecule has 1 atom stereocenters. The molecule has 0 fully saturated rings. The van der Waals surface area contributed by atoms with E-state index >= 15 is 0 Å². The summed E-state index contributed by atoms with van der Waals surface area (Å²) >= 11 is 0. The number of halogens is 2. The number of rotatable bonds is 14. The number of nitrogens with one attached hydrogen (secondary N) is 1. The van der Waals surface area contributed by atoms with Crippen molar-refractivity contribution >= 4 is 11.5 Å². The maximum atomic E-state index is 14.5. The first-order valence-corrected chi connectivity index (χ1v) is 13.7. The molecule has 2 N–H and O–H groups in total. The maximum absolute atomic E-state index is 14.5. The van der Waals surface area contributed by atoms with Gasteiger partial charge in [0.1, 0.15) is 17.4 Å². The molecule has 0 aromatic rings. The second kappa shape index (κ2) is 16.9. The first-order valence-electron chi connectivity index (χ1n) is 13.7. The number of nitrogens with zero attached hydrogens (tertiary/aromatic N) is 4. The van der Waals surface area contributed by atoms with E-state index < -0.39 is 17.8 Å². The minimum absolute atomic E-state index is 0.235. The molecule has 1 aliphatic carbocycles. The van der Waals surface area contributed by atoms with E-state index in [0.29, 0.717) is 54.2 Å². The van der Waals surface area contributed by atoms with E-state index in [-0.39, 0.29) is 18.4 Å². The van der Waals surface area contributed by atoms with Gasteiger partial charge in [-0.15, -0.1) is 0 Å². The van der Waals surface area contributed by atoms with Crippen LogP contribution >= 0.6 is 0 Å². The van der Waals surface area contributed by atoms with Gasteiger partial charge in [0.15, 0.2) is 5.83 Å². The Hall–Kier alpha value is -3.04. The Bertz CT molecular complexity index is 1080. The number of aliphatic imine (C=N–C) groups is 1. The van der Waals surface area contributed by atoms with Crippen LogP contribution in [0.1, 0.15) is 53.9 Å². The summed E-state index contributed by atoms with van der Waals surface area (Å²) in [6, 6.07) is 0. The van der Waals surface area contributed by atoms with Crippen molar-refractivity contribution in [3.05, 3.63) is 71.2 Å². The van der Waals surface area contributed by atoms with Gasteiger partial charge in [-0.3, -0.25) is 0 Å². The van der Waals surface area contributed by atoms with Crippen molar-refractivity contribution < 1.29 is 18.6 Å². The van der Waals surface area contributed by atoms with Gasteiger partial charge in [-0.25, -0.2) is 13.8 Å². The maximum Gasteiger partial charge on any atom is 0.155 e. The molecule has 0 aliphatic heterocycles. The Labute approximate surface area is 240 Å². The molecule has 0 saturated carbocycles. The van der Waals surface area contributed by atoms with Crippen LogP contribution in [0.3, 0.4) is 0 Å². The molecule has 0 saturated heterocycles. The summed E-state index contributed by atoms with van der Waals surface area (Å²) in [5.74, 6) is -0.707. The van der Waals surface area contributed by atoms with Crippen molar-refractivity contribution in [3.63, 3.8) is 0 Å². The monoisotopic (exact) mass is 561 g/mol. The summed E-state index contributed by atoms with van der Waals surface area (Å²) in [7, 11) is 7.54. The quantitative estimate of drug-likeness (QED) is 0.0887. The van der Waals surface area contributed by atoms with Crippen molar-refractivity contribution in [2.75, 3.05) is 47.9 Å². The molecule has 0 heterocycles. The summed E-state index contributed by atoms with van der Waals surface area (Å²) in [5, 5.41) is 20.3. The smallest absolute Gasteiger partial charge is 0.155 e. The third-order valence-corrected chi connectivity index (χ3v) is 6.26. The lowest BCUT2D eigenvalue weighted by Gasteiger charge is -2.28. The molecular formula is C31H49F2N5O2. The van der Waals surface area contributed by atoms with Crippen molar-refractivity contribution in [1.29, 1.82) is 0 Å². The Morgan fingerprint density at radius 3 is 2.45 bits per heavy atom. The lowest BCUT2D eigenvalue weighted by Crippen LogP contribution is -2.36. The fourth-order valence-corrected chi connectivity index (χ4v) is 3.72. The van der Waals surface area contributed by atoms with E-state index in [1.807, 2.05) is 79.9 Å². The highest BCUT2D eigenvalue weighted by atomic mass is 19.2. The molecule has 224 valence electrons. The molecule has 0 radical (unpaired) electrons. The molecule has 0 bridgehead atoms. The first kappa shape index (κ1) is 35.0. The topological polar surface area (TPSA) is 72.7 Å². The zero-order valence-electron chi connectivity index (χ0n) is 25.8.